The zero-order valence-electron chi connectivity index (χ0n) is 8.40. The molecule has 0 aliphatic heterocycles. The number of aromatic nitrogens is 3. The smallest absolute Gasteiger partial charge is 0.174 e. The molecular formula is C10H10Cl2N4. The van der Waals surface area contributed by atoms with Crippen LogP contribution in [-0.4, -0.2) is 27.2 Å². The Hall–Kier alpha value is -1.26. The van der Waals surface area contributed by atoms with Gasteiger partial charge in [-0.2, -0.15) is 5.10 Å². The standard InChI is InChI=1S/C10H10Cl2N4/c11-3-5-14-9-7-16(15-10(9)12)8-2-1-4-13-6-8/h1-2,4,6-7,14H,3,5H2. The monoisotopic (exact) mass is 256 g/mol. The molecule has 2 aromatic rings. The highest BCUT2D eigenvalue weighted by atomic mass is 35.5. The summed E-state index contributed by atoms with van der Waals surface area (Å²) < 4.78 is 1.67. The number of pyridine rings is 1. The largest absolute Gasteiger partial charge is 0.380 e. The molecule has 0 aliphatic carbocycles. The van der Waals surface area contributed by atoms with Crippen molar-refractivity contribution in [3.63, 3.8) is 0 Å². The lowest BCUT2D eigenvalue weighted by Gasteiger charge is -1.99. The van der Waals surface area contributed by atoms with Crippen LogP contribution < -0.4 is 5.32 Å². The van der Waals surface area contributed by atoms with E-state index in [9.17, 15) is 0 Å². The van der Waals surface area contributed by atoms with Crippen LogP contribution in [0.3, 0.4) is 0 Å². The number of rotatable bonds is 4. The average Bonchev–Trinajstić information content (AvgIpc) is 2.69. The van der Waals surface area contributed by atoms with E-state index in [1.54, 1.807) is 17.1 Å². The molecule has 0 bridgehead atoms. The molecule has 4 nitrogen and oxygen atoms in total. The van der Waals surface area contributed by atoms with Gasteiger partial charge >= 0.3 is 0 Å². The summed E-state index contributed by atoms with van der Waals surface area (Å²) in [4.78, 5) is 4.02. The maximum absolute atomic E-state index is 5.97. The summed E-state index contributed by atoms with van der Waals surface area (Å²) in [5, 5.41) is 7.68. The number of nitrogens with zero attached hydrogens (tertiary/aromatic N) is 3. The second kappa shape index (κ2) is 5.18. The summed E-state index contributed by atoms with van der Waals surface area (Å²) >= 11 is 11.6. The van der Waals surface area contributed by atoms with Crippen LogP contribution in [0.25, 0.3) is 5.69 Å². The highest BCUT2D eigenvalue weighted by molar-refractivity contribution is 6.32. The Bertz CT molecular complexity index is 455. The van der Waals surface area contributed by atoms with E-state index in [0.717, 1.165) is 11.4 Å². The first-order valence-corrected chi connectivity index (χ1v) is 5.68. The van der Waals surface area contributed by atoms with E-state index in [-0.39, 0.29) is 0 Å². The minimum absolute atomic E-state index is 0.425. The van der Waals surface area contributed by atoms with Crippen LogP contribution in [0.4, 0.5) is 5.69 Å². The van der Waals surface area contributed by atoms with Crippen LogP contribution >= 0.6 is 23.2 Å². The molecule has 0 unspecified atom stereocenters. The zero-order chi connectivity index (χ0) is 11.4. The van der Waals surface area contributed by atoms with E-state index in [0.29, 0.717) is 17.6 Å². The van der Waals surface area contributed by atoms with Gasteiger partial charge in [-0.05, 0) is 12.1 Å². The van der Waals surface area contributed by atoms with Crippen molar-refractivity contribution in [1.29, 1.82) is 0 Å². The number of hydrogen-bond acceptors (Lipinski definition) is 3. The molecule has 1 N–H and O–H groups in total. The van der Waals surface area contributed by atoms with E-state index < -0.39 is 0 Å². The Morgan fingerprint density at radius 2 is 2.31 bits per heavy atom. The van der Waals surface area contributed by atoms with E-state index in [1.165, 1.54) is 0 Å². The summed E-state index contributed by atoms with van der Waals surface area (Å²) in [7, 11) is 0. The molecule has 16 heavy (non-hydrogen) atoms. The van der Waals surface area contributed by atoms with E-state index in [4.69, 9.17) is 23.2 Å². The van der Waals surface area contributed by atoms with Crippen molar-refractivity contribution in [2.45, 2.75) is 0 Å². The Labute approximate surface area is 103 Å². The first-order chi connectivity index (χ1) is 7.81. The van der Waals surface area contributed by atoms with Crippen LogP contribution in [0.5, 0.6) is 0 Å². The van der Waals surface area contributed by atoms with Gasteiger partial charge in [0.2, 0.25) is 0 Å². The highest BCUT2D eigenvalue weighted by Gasteiger charge is 2.06. The normalized spacial score (nSPS) is 10.4. The van der Waals surface area contributed by atoms with E-state index >= 15 is 0 Å². The van der Waals surface area contributed by atoms with Crippen LogP contribution in [0, 0.1) is 0 Å². The summed E-state index contributed by atoms with van der Waals surface area (Å²) in [6.45, 7) is 0.653. The molecule has 84 valence electrons. The molecule has 0 atom stereocenters. The molecule has 0 spiro atoms. The molecular weight excluding hydrogens is 247 g/mol. The van der Waals surface area contributed by atoms with Gasteiger partial charge in [0.05, 0.1) is 23.8 Å². The Kier molecular flexibility index (Phi) is 3.64. The van der Waals surface area contributed by atoms with Crippen molar-refractivity contribution in [1.82, 2.24) is 14.8 Å². The van der Waals surface area contributed by atoms with Gasteiger partial charge in [0.1, 0.15) is 0 Å². The fourth-order valence-electron chi connectivity index (χ4n) is 1.27. The van der Waals surface area contributed by atoms with E-state index in [2.05, 4.69) is 15.4 Å². The minimum Gasteiger partial charge on any atom is -0.380 e. The SMILES string of the molecule is ClCCNc1cn(-c2cccnc2)nc1Cl. The molecule has 0 fully saturated rings. The number of halogens is 2. The predicted octanol–water partition coefficient (Wildman–Crippen LogP) is 2.57. The van der Waals surface area contributed by atoms with Crippen molar-refractivity contribution in [2.75, 3.05) is 17.7 Å². The number of hydrogen-bond donors (Lipinski definition) is 1. The molecule has 2 rings (SSSR count). The third kappa shape index (κ3) is 2.46. The van der Waals surface area contributed by atoms with Crippen molar-refractivity contribution >= 4 is 28.9 Å². The maximum Gasteiger partial charge on any atom is 0.174 e. The number of anilines is 1. The fraction of sp³-hybridized carbons (Fsp3) is 0.200. The lowest BCUT2D eigenvalue weighted by atomic mass is 10.4. The summed E-state index contributed by atoms with van der Waals surface area (Å²) in [6, 6.07) is 3.75. The molecule has 2 heterocycles. The highest BCUT2D eigenvalue weighted by Crippen LogP contribution is 2.21. The molecule has 0 saturated heterocycles. The quantitative estimate of drug-likeness (QED) is 0.856. The topological polar surface area (TPSA) is 42.7 Å². The first kappa shape index (κ1) is 11.2. The summed E-state index contributed by atoms with van der Waals surface area (Å²) in [6.07, 6.45) is 5.24. The molecule has 0 amide bonds. The number of alkyl halides is 1. The van der Waals surface area contributed by atoms with E-state index in [1.807, 2.05) is 18.3 Å². The average molecular weight is 257 g/mol. The fourth-order valence-corrected chi connectivity index (χ4v) is 1.57. The lowest BCUT2D eigenvalue weighted by Crippen LogP contribution is -2.01. The lowest BCUT2D eigenvalue weighted by molar-refractivity contribution is 0.874. The second-order valence-corrected chi connectivity index (χ2v) is 3.84. The van der Waals surface area contributed by atoms with Crippen molar-refractivity contribution in [2.24, 2.45) is 0 Å². The van der Waals surface area contributed by atoms with Gasteiger partial charge in [0.15, 0.2) is 5.15 Å². The molecule has 0 radical (unpaired) electrons. The minimum atomic E-state index is 0.425. The third-order valence-corrected chi connectivity index (χ3v) is 2.46. The van der Waals surface area contributed by atoms with Crippen molar-refractivity contribution in [3.8, 4) is 5.69 Å². The van der Waals surface area contributed by atoms with Gasteiger partial charge in [-0.1, -0.05) is 11.6 Å². The number of nitrogens with one attached hydrogen (secondary N) is 1. The zero-order valence-corrected chi connectivity index (χ0v) is 9.91. The Morgan fingerprint density at radius 3 is 3.00 bits per heavy atom. The first-order valence-electron chi connectivity index (χ1n) is 4.76. The van der Waals surface area contributed by atoms with Gasteiger partial charge in [-0.25, -0.2) is 4.68 Å². The molecule has 0 aromatic carbocycles. The third-order valence-electron chi connectivity index (χ3n) is 1.99. The van der Waals surface area contributed by atoms with Gasteiger partial charge in [0.25, 0.3) is 0 Å². The van der Waals surface area contributed by atoms with Crippen LogP contribution in [-0.2, 0) is 0 Å². The summed E-state index contributed by atoms with van der Waals surface area (Å²) in [5.41, 5.74) is 1.63. The molecule has 2 aromatic heterocycles. The van der Waals surface area contributed by atoms with Crippen LogP contribution in [0.2, 0.25) is 5.15 Å². The molecule has 0 saturated carbocycles. The van der Waals surface area contributed by atoms with Gasteiger partial charge < -0.3 is 5.32 Å². The predicted molar refractivity (Wildman–Crippen MR) is 65.6 cm³/mol. The van der Waals surface area contributed by atoms with Crippen molar-refractivity contribution in [3.05, 3.63) is 35.9 Å². The maximum atomic E-state index is 5.97. The molecule has 0 aliphatic rings. The Balaban J connectivity index is 2.24. The summed E-state index contributed by atoms with van der Waals surface area (Å²) in [5.74, 6) is 0.522. The molecule has 6 heteroatoms. The Morgan fingerprint density at radius 1 is 1.44 bits per heavy atom. The van der Waals surface area contributed by atoms with Crippen LogP contribution in [0.15, 0.2) is 30.7 Å². The van der Waals surface area contributed by atoms with Gasteiger partial charge in [-0.15, -0.1) is 11.6 Å². The van der Waals surface area contributed by atoms with Crippen molar-refractivity contribution < 1.29 is 0 Å². The van der Waals surface area contributed by atoms with Crippen LogP contribution in [0.1, 0.15) is 0 Å². The van der Waals surface area contributed by atoms with Gasteiger partial charge in [0, 0.05) is 18.6 Å². The second-order valence-electron chi connectivity index (χ2n) is 3.11. The van der Waals surface area contributed by atoms with Gasteiger partial charge in [-0.3, -0.25) is 4.98 Å².